The first-order valence-electron chi connectivity index (χ1n) is 6.07. The van der Waals surface area contributed by atoms with Crippen LogP contribution < -0.4 is 15.2 Å². The summed E-state index contributed by atoms with van der Waals surface area (Å²) in [7, 11) is -3.63. The highest BCUT2D eigenvalue weighted by Crippen LogP contribution is 2.16. The molecule has 0 saturated carbocycles. The Bertz CT molecular complexity index is 676. The predicted octanol–water partition coefficient (Wildman–Crippen LogP) is 1.11. The van der Waals surface area contributed by atoms with Crippen molar-refractivity contribution in [2.45, 2.75) is 19.9 Å². The maximum Gasteiger partial charge on any atom is 0.300 e. The minimum absolute atomic E-state index is 0.194. The van der Waals surface area contributed by atoms with Gasteiger partial charge in [0.15, 0.2) is 0 Å². The third-order valence-electron chi connectivity index (χ3n) is 2.41. The first-order chi connectivity index (χ1) is 9.37. The Morgan fingerprint density at radius 1 is 1.20 bits per heavy atom. The van der Waals surface area contributed by atoms with Crippen LogP contribution in [-0.2, 0) is 10.2 Å². The summed E-state index contributed by atoms with van der Waals surface area (Å²) in [6.45, 7) is 3.49. The van der Waals surface area contributed by atoms with Gasteiger partial charge in [-0.15, -0.1) is 0 Å². The summed E-state index contributed by atoms with van der Waals surface area (Å²) in [4.78, 5) is 0. The number of nitrogens with one attached hydrogen (secondary N) is 2. The second-order valence-electron chi connectivity index (χ2n) is 4.60. The van der Waals surface area contributed by atoms with Crippen LogP contribution in [0.3, 0.4) is 0 Å². The van der Waals surface area contributed by atoms with E-state index in [1.807, 2.05) is 0 Å². The third kappa shape index (κ3) is 3.49. The molecule has 0 atom stereocenters. The summed E-state index contributed by atoms with van der Waals surface area (Å²) in [5, 5.41) is 4.10. The molecule has 0 spiro atoms. The van der Waals surface area contributed by atoms with Crippen molar-refractivity contribution in [3.8, 4) is 5.69 Å². The number of rotatable bonds is 5. The summed E-state index contributed by atoms with van der Waals surface area (Å²) >= 11 is 0. The zero-order valence-corrected chi connectivity index (χ0v) is 12.1. The Kier molecular flexibility index (Phi) is 3.96. The molecule has 0 bridgehead atoms. The molecule has 2 aromatic rings. The molecule has 4 N–H and O–H groups in total. The van der Waals surface area contributed by atoms with Gasteiger partial charge in [-0.1, -0.05) is 0 Å². The van der Waals surface area contributed by atoms with Gasteiger partial charge < -0.3 is 5.73 Å². The van der Waals surface area contributed by atoms with E-state index in [-0.39, 0.29) is 6.04 Å². The van der Waals surface area contributed by atoms with E-state index in [1.54, 1.807) is 44.2 Å². The first-order valence-corrected chi connectivity index (χ1v) is 7.56. The lowest BCUT2D eigenvalue weighted by Crippen LogP contribution is -2.35. The van der Waals surface area contributed by atoms with Gasteiger partial charge in [-0.2, -0.15) is 18.2 Å². The van der Waals surface area contributed by atoms with Gasteiger partial charge in [0.05, 0.1) is 11.9 Å². The predicted molar refractivity (Wildman–Crippen MR) is 78.8 cm³/mol. The maximum atomic E-state index is 11.9. The van der Waals surface area contributed by atoms with Gasteiger partial charge in [0.1, 0.15) is 5.82 Å². The number of hydrogen-bond acceptors (Lipinski definition) is 4. The molecule has 1 aromatic carbocycles. The minimum Gasteiger partial charge on any atom is -0.399 e. The first kappa shape index (κ1) is 14.4. The number of benzene rings is 1. The van der Waals surface area contributed by atoms with E-state index in [1.165, 1.54) is 10.9 Å². The van der Waals surface area contributed by atoms with Crippen molar-refractivity contribution in [3.05, 3.63) is 36.5 Å². The average molecular weight is 295 g/mol. The van der Waals surface area contributed by atoms with Gasteiger partial charge in [-0.3, -0.25) is 4.72 Å². The van der Waals surface area contributed by atoms with Crippen molar-refractivity contribution >= 4 is 21.7 Å². The van der Waals surface area contributed by atoms with Crippen LogP contribution in [0.1, 0.15) is 13.8 Å². The van der Waals surface area contributed by atoms with Crippen molar-refractivity contribution in [2.75, 3.05) is 10.5 Å². The second-order valence-corrected chi connectivity index (χ2v) is 6.04. The Morgan fingerprint density at radius 3 is 2.45 bits per heavy atom. The lowest BCUT2D eigenvalue weighted by Gasteiger charge is -2.13. The van der Waals surface area contributed by atoms with E-state index in [2.05, 4.69) is 14.5 Å². The van der Waals surface area contributed by atoms with E-state index < -0.39 is 10.2 Å². The second kappa shape index (κ2) is 5.51. The SMILES string of the molecule is CC(C)NS(=O)(=O)Nc1ccnn1-c1ccc(N)cc1. The molecular formula is C12H17N5O2S. The summed E-state index contributed by atoms with van der Waals surface area (Å²) in [6.07, 6.45) is 1.52. The highest BCUT2D eigenvalue weighted by Gasteiger charge is 2.14. The fourth-order valence-corrected chi connectivity index (χ4v) is 2.79. The van der Waals surface area contributed by atoms with E-state index in [0.717, 1.165) is 0 Å². The van der Waals surface area contributed by atoms with Crippen molar-refractivity contribution in [2.24, 2.45) is 0 Å². The smallest absolute Gasteiger partial charge is 0.300 e. The number of aromatic nitrogens is 2. The summed E-state index contributed by atoms with van der Waals surface area (Å²) < 4.78 is 30.1. The van der Waals surface area contributed by atoms with E-state index in [0.29, 0.717) is 17.2 Å². The number of nitrogens with two attached hydrogens (primary N) is 1. The van der Waals surface area contributed by atoms with Crippen LogP contribution in [0.2, 0.25) is 0 Å². The molecule has 20 heavy (non-hydrogen) atoms. The van der Waals surface area contributed by atoms with Crippen molar-refractivity contribution < 1.29 is 8.42 Å². The van der Waals surface area contributed by atoms with Gasteiger partial charge in [-0.05, 0) is 38.1 Å². The van der Waals surface area contributed by atoms with E-state index >= 15 is 0 Å². The third-order valence-corrected chi connectivity index (χ3v) is 3.67. The molecule has 0 amide bonds. The van der Waals surface area contributed by atoms with E-state index in [4.69, 9.17) is 5.73 Å². The van der Waals surface area contributed by atoms with Crippen LogP contribution in [0.5, 0.6) is 0 Å². The molecule has 2 rings (SSSR count). The van der Waals surface area contributed by atoms with Crippen LogP contribution in [0.25, 0.3) is 5.69 Å². The molecular weight excluding hydrogens is 278 g/mol. The highest BCUT2D eigenvalue weighted by molar-refractivity contribution is 7.90. The van der Waals surface area contributed by atoms with Gasteiger partial charge >= 0.3 is 0 Å². The largest absolute Gasteiger partial charge is 0.399 e. The Labute approximate surface area is 118 Å². The molecule has 1 aromatic heterocycles. The molecule has 1 heterocycles. The molecule has 0 radical (unpaired) electrons. The van der Waals surface area contributed by atoms with Gasteiger partial charge in [0.2, 0.25) is 0 Å². The molecule has 7 nitrogen and oxygen atoms in total. The number of hydrogen-bond donors (Lipinski definition) is 3. The average Bonchev–Trinajstić information content (AvgIpc) is 2.75. The van der Waals surface area contributed by atoms with E-state index in [9.17, 15) is 8.42 Å². The van der Waals surface area contributed by atoms with Gasteiger partial charge in [0, 0.05) is 17.8 Å². The lowest BCUT2D eigenvalue weighted by molar-refractivity contribution is 0.575. The molecule has 0 fully saturated rings. The summed E-state index contributed by atoms with van der Waals surface area (Å²) in [5.41, 5.74) is 6.97. The minimum atomic E-state index is -3.63. The fourth-order valence-electron chi connectivity index (χ4n) is 1.68. The Hall–Kier alpha value is -2.06. The van der Waals surface area contributed by atoms with Crippen LogP contribution in [0, 0.1) is 0 Å². The molecule has 108 valence electrons. The van der Waals surface area contributed by atoms with Crippen LogP contribution in [0.4, 0.5) is 11.5 Å². The van der Waals surface area contributed by atoms with Gasteiger partial charge in [-0.25, -0.2) is 4.68 Å². The molecule has 0 unspecified atom stereocenters. The van der Waals surface area contributed by atoms with Crippen molar-refractivity contribution in [1.29, 1.82) is 0 Å². The normalized spacial score (nSPS) is 11.8. The maximum absolute atomic E-state index is 11.9. The zero-order chi connectivity index (χ0) is 14.8. The summed E-state index contributed by atoms with van der Waals surface area (Å²) in [6, 6.07) is 8.35. The van der Waals surface area contributed by atoms with Crippen LogP contribution in [-0.4, -0.2) is 24.2 Å². The molecule has 0 aliphatic rings. The lowest BCUT2D eigenvalue weighted by atomic mass is 10.3. The van der Waals surface area contributed by atoms with Crippen LogP contribution >= 0.6 is 0 Å². The fraction of sp³-hybridized carbons (Fsp3) is 0.250. The molecule has 8 heteroatoms. The van der Waals surface area contributed by atoms with Crippen molar-refractivity contribution in [3.63, 3.8) is 0 Å². The monoisotopic (exact) mass is 295 g/mol. The van der Waals surface area contributed by atoms with Crippen LogP contribution in [0.15, 0.2) is 36.5 Å². The number of nitrogens with zero attached hydrogens (tertiary/aromatic N) is 2. The summed E-state index contributed by atoms with van der Waals surface area (Å²) in [5.74, 6) is 0.350. The van der Waals surface area contributed by atoms with Gasteiger partial charge in [0.25, 0.3) is 10.2 Å². The quantitative estimate of drug-likeness (QED) is 0.719. The number of nitrogen functional groups attached to an aromatic ring is 1. The number of anilines is 2. The molecule has 0 saturated heterocycles. The highest BCUT2D eigenvalue weighted by atomic mass is 32.2. The zero-order valence-electron chi connectivity index (χ0n) is 11.2. The van der Waals surface area contributed by atoms with Crippen molar-refractivity contribution in [1.82, 2.24) is 14.5 Å². The topological polar surface area (TPSA) is 102 Å². The standard InChI is InChI=1S/C12H17N5O2S/c1-9(2)15-20(18,19)16-12-7-8-14-17(12)11-5-3-10(13)4-6-11/h3-9,15-16H,13H2,1-2H3. The Balaban J connectivity index is 2.27. The Morgan fingerprint density at radius 2 is 1.85 bits per heavy atom. The molecule has 0 aliphatic carbocycles. The molecule has 0 aliphatic heterocycles.